The second-order valence-corrected chi connectivity index (χ2v) is 26.6. The Morgan fingerprint density at radius 1 is 0.625 bits per heavy atom. The van der Waals surface area contributed by atoms with E-state index < -0.39 is 193 Å². The predicted octanol–water partition coefficient (Wildman–Crippen LogP) is 6.49. The summed E-state index contributed by atoms with van der Waals surface area (Å²) in [5.74, 6) is -14.4. The molecule has 5 rings (SSSR count). The first-order valence-corrected chi connectivity index (χ1v) is 34.2. The quantitative estimate of drug-likeness (QED) is 0.0281. The molecular weight excluding hydrogens is 1230 g/mol. The first kappa shape index (κ1) is 78.5. The fourth-order valence-corrected chi connectivity index (χ4v) is 11.7. The molecule has 23 heteroatoms. The minimum Gasteiger partial charge on any atom is -0.458 e. The number of hydrogen-bond donors (Lipinski definition) is 9. The van der Waals surface area contributed by atoms with Crippen LogP contribution < -0.4 is 42.4 Å². The Labute approximate surface area is 564 Å². The standard InChI is InChI=1S/C73H103N7O16/c1-12-41(6)55(70(92)77-63(43(8)14-3)60(86)37-52(40-82)69(91)78-65-46(11)95-71(93)64(44(9)15-4)79-72(94)73(32-33-73)80-66(88)45(10)34-58(65)84)38-57(83)56(30-31-61(74)87)75-68(90)51(39-81)36-59(85)62(42(7)13-2)76-67(89)48(16-5)35-47-22-24-49(25-23-47)50-26-28-54(29-27-50)96-53-20-18-17-19-21-53/h17-29,41-46,48,51-52,55-56,62-65,81-82H,12-16,30-40H2,1-11H3,(H2,74,87)(H,75,90)(H,76,89)(H,77,92)(H,78,91)(H,79,94)(H,80,88)/t41-,42-,43-,44-,45+,46-,48+,51-,52-,55+,56+,62-,63-,64-,65+/m0/s1. The first-order valence-electron chi connectivity index (χ1n) is 34.2. The van der Waals surface area contributed by atoms with E-state index in [0.717, 1.165) is 22.4 Å². The smallest absolute Gasteiger partial charge is 0.329 e. The summed E-state index contributed by atoms with van der Waals surface area (Å²) in [5.41, 5.74) is 7.12. The molecule has 1 saturated carbocycles. The lowest BCUT2D eigenvalue weighted by Gasteiger charge is -2.30. The van der Waals surface area contributed by atoms with E-state index in [9.17, 15) is 67.7 Å². The highest BCUT2D eigenvalue weighted by Gasteiger charge is 2.53. The molecule has 15 atom stereocenters. The van der Waals surface area contributed by atoms with Crippen molar-refractivity contribution in [2.24, 2.45) is 59.0 Å². The zero-order valence-corrected chi connectivity index (χ0v) is 57.7. The molecule has 1 aliphatic heterocycles. The first-order chi connectivity index (χ1) is 45.6. The van der Waals surface area contributed by atoms with Crippen molar-refractivity contribution >= 4 is 70.5 Å². The third kappa shape index (κ3) is 22.2. The normalized spacial score (nSPS) is 20.7. The van der Waals surface area contributed by atoms with E-state index in [1.165, 1.54) is 13.8 Å². The summed E-state index contributed by atoms with van der Waals surface area (Å²) in [6, 6.07) is 18.6. The van der Waals surface area contributed by atoms with Gasteiger partial charge in [-0.05, 0) is 104 Å². The van der Waals surface area contributed by atoms with Gasteiger partial charge in [0.2, 0.25) is 41.4 Å². The lowest BCUT2D eigenvalue weighted by atomic mass is 9.83. The van der Waals surface area contributed by atoms with Crippen molar-refractivity contribution in [3.63, 3.8) is 0 Å². The number of esters is 1. The van der Waals surface area contributed by atoms with Gasteiger partial charge in [-0.3, -0.25) is 52.7 Å². The molecule has 0 bridgehead atoms. The second kappa shape index (κ2) is 37.4. The Bertz CT molecular complexity index is 3170. The summed E-state index contributed by atoms with van der Waals surface area (Å²) in [6.07, 6.45) is -1.08. The Hall–Kier alpha value is -8.18. The van der Waals surface area contributed by atoms with E-state index in [4.69, 9.17) is 15.2 Å². The lowest BCUT2D eigenvalue weighted by molar-refractivity contribution is -0.157. The monoisotopic (exact) mass is 1330 g/mol. The maximum Gasteiger partial charge on any atom is 0.329 e. The molecule has 1 saturated heterocycles. The molecule has 0 radical (unpaired) electrons. The van der Waals surface area contributed by atoms with E-state index >= 15 is 0 Å². The number of cyclic esters (lactones) is 1. The molecule has 0 aromatic heterocycles. The lowest BCUT2D eigenvalue weighted by Crippen LogP contribution is -2.56. The summed E-state index contributed by atoms with van der Waals surface area (Å²) < 4.78 is 11.7. The zero-order chi connectivity index (χ0) is 71.1. The Kier molecular flexibility index (Phi) is 30.6. The van der Waals surface area contributed by atoms with Gasteiger partial charge in [-0.15, -0.1) is 0 Å². The highest BCUT2D eigenvalue weighted by atomic mass is 16.5. The summed E-state index contributed by atoms with van der Waals surface area (Å²) in [5, 5.41) is 37.7. The number of ketones is 4. The molecule has 526 valence electrons. The fraction of sp³-hybridized carbons (Fsp3) is 0.589. The van der Waals surface area contributed by atoms with Gasteiger partial charge in [0.15, 0.2) is 23.1 Å². The molecule has 23 nitrogen and oxygen atoms in total. The number of ether oxygens (including phenoxy) is 2. The van der Waals surface area contributed by atoms with Crippen molar-refractivity contribution in [2.75, 3.05) is 13.2 Å². The zero-order valence-electron chi connectivity index (χ0n) is 57.7. The van der Waals surface area contributed by atoms with Gasteiger partial charge < -0.3 is 57.3 Å². The van der Waals surface area contributed by atoms with Crippen LogP contribution in [0.2, 0.25) is 0 Å². The maximum absolute atomic E-state index is 14.6. The molecule has 96 heavy (non-hydrogen) atoms. The summed E-state index contributed by atoms with van der Waals surface area (Å²) >= 11 is 0. The number of hydrogen-bond acceptors (Lipinski definition) is 16. The number of amides is 7. The topological polar surface area (TPSA) is 362 Å². The van der Waals surface area contributed by atoms with E-state index in [1.54, 1.807) is 48.5 Å². The number of aliphatic hydroxyl groups is 2. The molecule has 2 aliphatic rings. The Morgan fingerprint density at radius 3 is 1.66 bits per heavy atom. The highest BCUT2D eigenvalue weighted by Crippen LogP contribution is 2.37. The van der Waals surface area contributed by atoms with Crippen molar-refractivity contribution in [1.29, 1.82) is 0 Å². The van der Waals surface area contributed by atoms with Crippen LogP contribution in [0.5, 0.6) is 11.5 Å². The number of nitrogens with one attached hydrogen (secondary N) is 6. The van der Waals surface area contributed by atoms with Crippen molar-refractivity contribution in [1.82, 2.24) is 31.9 Å². The minimum absolute atomic E-state index is 0.302. The van der Waals surface area contributed by atoms with Gasteiger partial charge in [-0.2, -0.15) is 0 Å². The largest absolute Gasteiger partial charge is 0.458 e. The van der Waals surface area contributed by atoms with Crippen LogP contribution in [-0.4, -0.2) is 136 Å². The number of aliphatic hydroxyl groups excluding tert-OH is 2. The van der Waals surface area contributed by atoms with Crippen LogP contribution in [-0.2, 0) is 68.7 Å². The van der Waals surface area contributed by atoms with Gasteiger partial charge in [-0.25, -0.2) is 4.79 Å². The number of primary amides is 1. The van der Waals surface area contributed by atoms with Crippen molar-refractivity contribution < 1.29 is 77.2 Å². The van der Waals surface area contributed by atoms with Gasteiger partial charge in [0.05, 0.1) is 43.2 Å². The molecule has 7 amide bonds. The molecule has 1 heterocycles. The Morgan fingerprint density at radius 2 is 1.15 bits per heavy atom. The van der Waals surface area contributed by atoms with E-state index in [1.807, 2.05) is 92.7 Å². The van der Waals surface area contributed by atoms with Crippen LogP contribution in [0.15, 0.2) is 78.9 Å². The van der Waals surface area contributed by atoms with Crippen molar-refractivity contribution in [3.05, 3.63) is 84.4 Å². The van der Waals surface area contributed by atoms with E-state index in [-0.39, 0.29) is 24.7 Å². The third-order valence-corrected chi connectivity index (χ3v) is 19.4. The molecular formula is C73H103N7O16. The Balaban J connectivity index is 1.25. The van der Waals surface area contributed by atoms with E-state index in [0.29, 0.717) is 57.1 Å². The molecule has 3 aromatic carbocycles. The minimum atomic E-state index is -1.57. The van der Waals surface area contributed by atoms with Crippen LogP contribution in [0.25, 0.3) is 11.1 Å². The third-order valence-electron chi connectivity index (χ3n) is 19.4. The maximum atomic E-state index is 14.6. The SMILES string of the molecule is CC[C@H](Cc1ccc(-c2ccc(Oc3ccccc3)cc2)cc1)C(=O)N[C@H](C(=O)C[C@@H](CO)C(=O)N[C@H](CCC(N)=O)C(=O)C[C@@H](C(=O)N[C@H](C(=O)C[C@@H](CO)C(=O)N[C@H]1C(=O)C[C@@H](C)C(=O)NC2(CC2)C(=O)N[C@@H]([C@@H](C)CC)C(=O)O[C@H]1C)[C@@H](C)CC)[C@@H](C)CC)[C@@H](C)CC. The van der Waals surface area contributed by atoms with Crippen LogP contribution in [0.4, 0.5) is 0 Å². The molecule has 1 spiro atoms. The van der Waals surface area contributed by atoms with Crippen LogP contribution in [0.1, 0.15) is 165 Å². The fourth-order valence-electron chi connectivity index (χ4n) is 11.7. The van der Waals surface area contributed by atoms with Crippen LogP contribution in [0.3, 0.4) is 0 Å². The van der Waals surface area contributed by atoms with Gasteiger partial charge in [0.25, 0.3) is 0 Å². The summed E-state index contributed by atoms with van der Waals surface area (Å²) in [7, 11) is 0. The van der Waals surface area contributed by atoms with E-state index in [2.05, 4.69) is 31.9 Å². The summed E-state index contributed by atoms with van der Waals surface area (Å²) in [4.78, 5) is 167. The number of rotatable bonds is 36. The van der Waals surface area contributed by atoms with Crippen LogP contribution >= 0.6 is 0 Å². The molecule has 3 aromatic rings. The number of nitrogens with two attached hydrogens (primary N) is 1. The number of carbonyl (C=O) groups excluding carboxylic acids is 12. The van der Waals surface area contributed by atoms with Gasteiger partial charge in [-0.1, -0.05) is 150 Å². The number of carbonyl (C=O) groups is 12. The number of para-hydroxylation sites is 1. The average Bonchev–Trinajstić information content (AvgIpc) is 1.63. The van der Waals surface area contributed by atoms with Gasteiger partial charge in [0, 0.05) is 49.9 Å². The van der Waals surface area contributed by atoms with Crippen molar-refractivity contribution in [2.45, 2.75) is 208 Å². The van der Waals surface area contributed by atoms with Gasteiger partial charge in [0.1, 0.15) is 35.2 Å². The molecule has 0 unspecified atom stereocenters. The second-order valence-electron chi connectivity index (χ2n) is 26.6. The van der Waals surface area contributed by atoms with Gasteiger partial charge >= 0.3 is 5.97 Å². The number of Topliss-reactive ketones (excluding diaryl/α,β-unsaturated/α-hetero) is 4. The highest BCUT2D eigenvalue weighted by molar-refractivity contribution is 6.00. The number of benzene rings is 3. The molecule has 2 fully saturated rings. The average molecular weight is 1330 g/mol. The summed E-state index contributed by atoms with van der Waals surface area (Å²) in [6.45, 7) is 17.1. The van der Waals surface area contributed by atoms with Crippen LogP contribution in [0, 0.1) is 53.3 Å². The van der Waals surface area contributed by atoms with Crippen molar-refractivity contribution in [3.8, 4) is 22.6 Å². The molecule has 10 N–H and O–H groups in total. The molecule has 1 aliphatic carbocycles. The predicted molar refractivity (Wildman–Crippen MR) is 360 cm³/mol.